The highest BCUT2D eigenvalue weighted by Crippen LogP contribution is 2.16. The molecule has 78 valence electrons. The lowest BCUT2D eigenvalue weighted by atomic mass is 10.0. The molecule has 0 heterocycles. The highest BCUT2D eigenvalue weighted by Gasteiger charge is 2.08. The number of hydrogen-bond donors (Lipinski definition) is 1. The summed E-state index contributed by atoms with van der Waals surface area (Å²) in [7, 11) is 0. The van der Waals surface area contributed by atoms with Crippen LogP contribution in [-0.4, -0.2) is 12.8 Å². The number of nitriles is 1. The fraction of sp³-hybridized carbons (Fsp3) is 0.333. The third-order valence-electron chi connectivity index (χ3n) is 2.22. The van der Waals surface area contributed by atoms with Gasteiger partial charge in [0, 0.05) is 12.5 Å². The molecule has 0 aliphatic carbocycles. The Morgan fingerprint density at radius 1 is 1.47 bits per heavy atom. The lowest BCUT2D eigenvalue weighted by molar-refractivity contribution is -0.108. The zero-order chi connectivity index (χ0) is 11.1. The molecule has 0 unspecified atom stereocenters. The van der Waals surface area contributed by atoms with Crippen LogP contribution in [0.4, 0.5) is 0 Å². The minimum atomic E-state index is 0.0558. The van der Waals surface area contributed by atoms with Crippen LogP contribution < -0.4 is 5.32 Å². The van der Waals surface area contributed by atoms with Crippen molar-refractivity contribution in [3.63, 3.8) is 0 Å². The van der Waals surface area contributed by atoms with E-state index in [4.69, 9.17) is 5.26 Å². The van der Waals surface area contributed by atoms with Crippen molar-refractivity contribution in [1.82, 2.24) is 5.32 Å². The van der Waals surface area contributed by atoms with Crippen molar-refractivity contribution in [3.8, 4) is 6.07 Å². The molecule has 0 aliphatic heterocycles. The Bertz CT molecular complexity index is 351. The summed E-state index contributed by atoms with van der Waals surface area (Å²) in [6, 6.07) is 9.43. The van der Waals surface area contributed by atoms with Crippen LogP contribution in [0.15, 0.2) is 24.3 Å². The molecule has 0 saturated heterocycles. The van der Waals surface area contributed by atoms with E-state index in [-0.39, 0.29) is 6.04 Å². The lowest BCUT2D eigenvalue weighted by Gasteiger charge is -2.15. The van der Waals surface area contributed by atoms with Crippen LogP contribution >= 0.6 is 0 Å². The average molecular weight is 202 g/mol. The van der Waals surface area contributed by atoms with Crippen molar-refractivity contribution >= 4 is 6.29 Å². The minimum Gasteiger partial charge on any atom is -0.310 e. The minimum absolute atomic E-state index is 0.0558. The van der Waals surface area contributed by atoms with E-state index in [1.165, 1.54) is 0 Å². The van der Waals surface area contributed by atoms with E-state index >= 15 is 0 Å². The molecular weight excluding hydrogens is 188 g/mol. The van der Waals surface area contributed by atoms with Gasteiger partial charge in [-0.2, -0.15) is 5.26 Å². The second-order valence-corrected chi connectivity index (χ2v) is 3.25. The maximum absolute atomic E-state index is 10.5. The van der Waals surface area contributed by atoms with E-state index in [1.54, 1.807) is 12.1 Å². The van der Waals surface area contributed by atoms with E-state index < -0.39 is 0 Å². The van der Waals surface area contributed by atoms with Crippen LogP contribution in [0.25, 0.3) is 0 Å². The van der Waals surface area contributed by atoms with E-state index in [0.717, 1.165) is 18.4 Å². The molecule has 3 heteroatoms. The molecule has 15 heavy (non-hydrogen) atoms. The Morgan fingerprint density at radius 2 is 2.13 bits per heavy atom. The lowest BCUT2D eigenvalue weighted by Crippen LogP contribution is -2.21. The summed E-state index contributed by atoms with van der Waals surface area (Å²) in [5.74, 6) is 0. The summed E-state index contributed by atoms with van der Waals surface area (Å²) in [5, 5.41) is 11.9. The maximum atomic E-state index is 10.5. The number of rotatable bonds is 5. The smallest absolute Gasteiger partial charge is 0.121 e. The zero-order valence-electron chi connectivity index (χ0n) is 8.73. The summed E-state index contributed by atoms with van der Waals surface area (Å²) in [4.78, 5) is 10.5. The van der Waals surface area contributed by atoms with E-state index in [2.05, 4.69) is 11.4 Å². The summed E-state index contributed by atoms with van der Waals surface area (Å²) in [6.45, 7) is 2.82. The number of nitrogens with zero attached hydrogens (tertiary/aromatic N) is 1. The van der Waals surface area contributed by atoms with Gasteiger partial charge in [0.25, 0.3) is 0 Å². The van der Waals surface area contributed by atoms with Gasteiger partial charge in [-0.1, -0.05) is 19.1 Å². The molecule has 0 radical (unpaired) electrons. The molecule has 3 nitrogen and oxygen atoms in total. The molecule has 1 N–H and O–H groups in total. The Morgan fingerprint density at radius 3 is 2.60 bits per heavy atom. The molecule has 1 aromatic rings. The largest absolute Gasteiger partial charge is 0.310 e. The summed E-state index contributed by atoms with van der Waals surface area (Å²) >= 11 is 0. The van der Waals surface area contributed by atoms with Crippen LogP contribution in [-0.2, 0) is 4.79 Å². The van der Waals surface area contributed by atoms with Crippen molar-refractivity contribution in [3.05, 3.63) is 35.4 Å². The van der Waals surface area contributed by atoms with Crippen LogP contribution in [0.5, 0.6) is 0 Å². The molecule has 0 amide bonds. The second-order valence-electron chi connectivity index (χ2n) is 3.25. The third kappa shape index (κ3) is 3.19. The first-order valence-corrected chi connectivity index (χ1v) is 4.99. The van der Waals surface area contributed by atoms with E-state index in [9.17, 15) is 4.79 Å². The monoisotopic (exact) mass is 202 g/mol. The van der Waals surface area contributed by atoms with Gasteiger partial charge in [0.05, 0.1) is 11.6 Å². The molecule has 1 rings (SSSR count). The van der Waals surface area contributed by atoms with Crippen molar-refractivity contribution in [2.24, 2.45) is 0 Å². The molecule has 0 spiro atoms. The predicted octanol–water partition coefficient (Wildman–Crippen LogP) is 1.80. The van der Waals surface area contributed by atoms with Crippen molar-refractivity contribution in [1.29, 1.82) is 5.26 Å². The van der Waals surface area contributed by atoms with Crippen LogP contribution in [0, 0.1) is 11.3 Å². The molecule has 1 atom stereocenters. The van der Waals surface area contributed by atoms with Gasteiger partial charge >= 0.3 is 0 Å². The number of hydrogen-bond acceptors (Lipinski definition) is 3. The van der Waals surface area contributed by atoms with Crippen molar-refractivity contribution in [2.75, 3.05) is 6.54 Å². The normalized spacial score (nSPS) is 11.7. The molecule has 0 aliphatic rings. The van der Waals surface area contributed by atoms with Gasteiger partial charge in [-0.25, -0.2) is 0 Å². The van der Waals surface area contributed by atoms with Crippen LogP contribution in [0.3, 0.4) is 0 Å². The quantitative estimate of drug-likeness (QED) is 0.741. The summed E-state index contributed by atoms with van der Waals surface area (Å²) in [6.07, 6.45) is 1.37. The van der Waals surface area contributed by atoms with Gasteiger partial charge in [0.15, 0.2) is 0 Å². The molecule has 1 aromatic carbocycles. The van der Waals surface area contributed by atoms with Crippen molar-refractivity contribution in [2.45, 2.75) is 19.4 Å². The number of benzene rings is 1. The zero-order valence-corrected chi connectivity index (χ0v) is 8.73. The Kier molecular flexibility index (Phi) is 4.52. The number of carbonyl (C=O) groups excluding carboxylic acids is 1. The average Bonchev–Trinajstić information content (AvgIpc) is 2.29. The third-order valence-corrected chi connectivity index (χ3v) is 2.22. The van der Waals surface area contributed by atoms with Crippen molar-refractivity contribution < 1.29 is 4.79 Å². The fourth-order valence-electron chi connectivity index (χ4n) is 1.47. The molecule has 0 saturated carbocycles. The van der Waals surface area contributed by atoms with E-state index in [0.29, 0.717) is 12.0 Å². The molecule has 0 aromatic heterocycles. The van der Waals surface area contributed by atoms with Gasteiger partial charge in [0.1, 0.15) is 6.29 Å². The van der Waals surface area contributed by atoms with Gasteiger partial charge in [-0.05, 0) is 24.2 Å². The molecule has 0 fully saturated rings. The summed E-state index contributed by atoms with van der Waals surface area (Å²) < 4.78 is 0. The van der Waals surface area contributed by atoms with Crippen LogP contribution in [0.2, 0.25) is 0 Å². The van der Waals surface area contributed by atoms with Gasteiger partial charge in [-0.15, -0.1) is 0 Å². The molecule has 0 bridgehead atoms. The topological polar surface area (TPSA) is 52.9 Å². The first-order chi connectivity index (χ1) is 7.31. The highest BCUT2D eigenvalue weighted by molar-refractivity contribution is 5.51. The number of nitrogens with one attached hydrogen (secondary N) is 1. The van der Waals surface area contributed by atoms with E-state index in [1.807, 2.05) is 19.1 Å². The summed E-state index contributed by atoms with van der Waals surface area (Å²) in [5.41, 5.74) is 1.68. The molecular formula is C12H14N2O. The first kappa shape index (κ1) is 11.4. The SMILES string of the molecule is CCN[C@H](CC=O)c1ccc(C#N)cc1. The van der Waals surface area contributed by atoms with Crippen LogP contribution in [0.1, 0.15) is 30.5 Å². The number of aldehydes is 1. The Labute approximate surface area is 89.7 Å². The number of carbonyl (C=O) groups is 1. The Hall–Kier alpha value is -1.66. The Balaban J connectivity index is 2.81. The van der Waals surface area contributed by atoms with Gasteiger partial charge in [0.2, 0.25) is 0 Å². The standard InChI is InChI=1S/C12H14N2O/c1-2-14-12(7-8-15)11-5-3-10(9-13)4-6-11/h3-6,8,12,14H,2,7H2,1H3/t12-/m1/s1. The maximum Gasteiger partial charge on any atom is 0.121 e. The van der Waals surface area contributed by atoms with Gasteiger partial charge < -0.3 is 10.1 Å². The fourth-order valence-corrected chi connectivity index (χ4v) is 1.47. The predicted molar refractivity (Wildman–Crippen MR) is 58.3 cm³/mol. The second kappa shape index (κ2) is 5.94. The van der Waals surface area contributed by atoms with Gasteiger partial charge in [-0.3, -0.25) is 0 Å². The first-order valence-electron chi connectivity index (χ1n) is 4.99. The highest BCUT2D eigenvalue weighted by atomic mass is 16.1.